The van der Waals surface area contributed by atoms with E-state index in [2.05, 4.69) is 0 Å². The van der Waals surface area contributed by atoms with Crippen molar-refractivity contribution in [3.05, 3.63) is 63.7 Å². The molecule has 1 heterocycles. The lowest BCUT2D eigenvalue weighted by Crippen LogP contribution is -2.32. The molecule has 0 bridgehead atoms. The molecule has 0 radical (unpaired) electrons. The summed E-state index contributed by atoms with van der Waals surface area (Å²) in [6.45, 7) is 2.32. The number of nitro benzene ring substituents is 1. The Labute approximate surface area is 177 Å². The molecule has 10 heteroatoms. The van der Waals surface area contributed by atoms with Crippen molar-refractivity contribution in [3.8, 4) is 11.5 Å². The first kappa shape index (κ1) is 21.8. The summed E-state index contributed by atoms with van der Waals surface area (Å²) in [4.78, 5) is 48.0. The number of hydrogen-bond acceptors (Lipinski definition) is 8. The van der Waals surface area contributed by atoms with Crippen LogP contribution in [0.15, 0.2) is 42.5 Å². The highest BCUT2D eigenvalue weighted by atomic mass is 16.6. The van der Waals surface area contributed by atoms with Crippen LogP contribution in [-0.2, 0) is 9.53 Å². The molecule has 3 rings (SSSR count). The van der Waals surface area contributed by atoms with Gasteiger partial charge in [0.25, 0.3) is 17.5 Å². The van der Waals surface area contributed by atoms with Crippen LogP contribution in [0.4, 0.5) is 5.69 Å². The fraction of sp³-hybridized carbons (Fsp3) is 0.286. The molecular weight excluding hydrogens is 408 g/mol. The molecular formula is C21H20N2O8. The Morgan fingerprint density at radius 2 is 1.68 bits per heavy atom. The summed E-state index contributed by atoms with van der Waals surface area (Å²) in [7, 11) is 0. The molecule has 2 amide bonds. The smallest absolute Gasteiger partial charge is 0.307 e. The number of hydrogen-bond donors (Lipinski definition) is 0. The molecule has 31 heavy (non-hydrogen) atoms. The van der Waals surface area contributed by atoms with Crippen molar-refractivity contribution in [3.63, 3.8) is 0 Å². The highest BCUT2D eigenvalue weighted by Crippen LogP contribution is 2.30. The van der Waals surface area contributed by atoms with Crippen molar-refractivity contribution < 1.29 is 33.5 Å². The lowest BCUT2D eigenvalue weighted by atomic mass is 10.1. The van der Waals surface area contributed by atoms with Gasteiger partial charge in [0, 0.05) is 12.6 Å². The minimum absolute atomic E-state index is 0.0143. The van der Waals surface area contributed by atoms with E-state index in [4.69, 9.17) is 14.2 Å². The van der Waals surface area contributed by atoms with Gasteiger partial charge in [0.15, 0.2) is 0 Å². The minimum atomic E-state index is -0.793. The minimum Gasteiger partial charge on any atom is -0.494 e. The van der Waals surface area contributed by atoms with Gasteiger partial charge >= 0.3 is 5.97 Å². The third-order valence-electron chi connectivity index (χ3n) is 4.46. The summed E-state index contributed by atoms with van der Waals surface area (Å²) in [6, 6.07) is 10.8. The molecule has 0 fully saturated rings. The molecule has 1 aliphatic heterocycles. The molecule has 0 N–H and O–H groups in total. The monoisotopic (exact) mass is 428 g/mol. The number of carbonyl (C=O) groups excluding carboxylic acids is 3. The second kappa shape index (κ2) is 9.70. The molecule has 0 atom stereocenters. The number of rotatable bonds is 10. The molecule has 0 saturated carbocycles. The number of imide groups is 1. The number of benzene rings is 2. The van der Waals surface area contributed by atoms with Crippen molar-refractivity contribution in [1.82, 2.24) is 4.90 Å². The molecule has 162 valence electrons. The van der Waals surface area contributed by atoms with E-state index in [0.29, 0.717) is 12.4 Å². The fourth-order valence-electron chi connectivity index (χ4n) is 3.06. The van der Waals surface area contributed by atoms with E-state index >= 15 is 0 Å². The summed E-state index contributed by atoms with van der Waals surface area (Å²) in [5.74, 6) is -0.775. The Bertz CT molecular complexity index is 1000. The molecule has 0 aliphatic carbocycles. The predicted octanol–water partition coefficient (Wildman–Crippen LogP) is 2.60. The summed E-state index contributed by atoms with van der Waals surface area (Å²) < 4.78 is 15.8. The zero-order chi connectivity index (χ0) is 22.4. The normalized spacial score (nSPS) is 12.5. The molecule has 0 saturated heterocycles. The SMILES string of the molecule is CCOc1ccc(OCCOC(=O)CCN2C(=O)c3cccc([N+](=O)[O-])c3C2=O)cc1. The molecule has 2 aromatic rings. The molecule has 1 aliphatic rings. The van der Waals surface area contributed by atoms with Crippen LogP contribution in [-0.4, -0.2) is 54.0 Å². The maximum atomic E-state index is 12.4. The highest BCUT2D eigenvalue weighted by molar-refractivity contribution is 6.23. The number of nitrogens with zero attached hydrogens (tertiary/aromatic N) is 2. The number of ether oxygens (including phenoxy) is 3. The van der Waals surface area contributed by atoms with Crippen LogP contribution < -0.4 is 9.47 Å². The number of fused-ring (bicyclic) bond motifs is 1. The van der Waals surface area contributed by atoms with Crippen molar-refractivity contribution in [2.24, 2.45) is 0 Å². The Balaban J connectivity index is 1.45. The van der Waals surface area contributed by atoms with Crippen LogP contribution in [0.25, 0.3) is 0 Å². The van der Waals surface area contributed by atoms with Gasteiger partial charge in [0.1, 0.15) is 30.3 Å². The van der Waals surface area contributed by atoms with Crippen molar-refractivity contribution in [2.45, 2.75) is 13.3 Å². The maximum Gasteiger partial charge on any atom is 0.307 e. The van der Waals surface area contributed by atoms with E-state index < -0.39 is 28.4 Å². The molecule has 2 aromatic carbocycles. The standard InChI is InChI=1S/C21H20N2O8/c1-2-29-14-6-8-15(9-7-14)30-12-13-31-18(24)10-11-22-20(25)16-4-3-5-17(23(27)28)19(16)21(22)26/h3-9H,2,10-13H2,1H3. The van der Waals surface area contributed by atoms with Gasteiger partial charge in [0.2, 0.25) is 0 Å². The number of amides is 2. The first-order valence-corrected chi connectivity index (χ1v) is 9.57. The fourth-order valence-corrected chi connectivity index (χ4v) is 3.06. The Morgan fingerprint density at radius 3 is 2.32 bits per heavy atom. The predicted molar refractivity (Wildman–Crippen MR) is 107 cm³/mol. The summed E-state index contributed by atoms with van der Waals surface area (Å²) in [6.07, 6.45) is -0.234. The number of esters is 1. The highest BCUT2D eigenvalue weighted by Gasteiger charge is 2.40. The van der Waals surface area contributed by atoms with E-state index in [1.165, 1.54) is 12.1 Å². The second-order valence-corrected chi connectivity index (χ2v) is 6.44. The van der Waals surface area contributed by atoms with Crippen LogP contribution in [0.5, 0.6) is 11.5 Å². The number of nitro groups is 1. The van der Waals surface area contributed by atoms with Crippen LogP contribution in [0.2, 0.25) is 0 Å². The van der Waals surface area contributed by atoms with Gasteiger partial charge in [-0.05, 0) is 37.3 Å². The van der Waals surface area contributed by atoms with Crippen molar-refractivity contribution >= 4 is 23.5 Å². The van der Waals surface area contributed by atoms with Crippen molar-refractivity contribution in [2.75, 3.05) is 26.4 Å². The lowest BCUT2D eigenvalue weighted by Gasteiger charge is -2.13. The van der Waals surface area contributed by atoms with Crippen LogP contribution >= 0.6 is 0 Å². The molecule has 0 aromatic heterocycles. The topological polar surface area (TPSA) is 125 Å². The van der Waals surface area contributed by atoms with E-state index in [1.54, 1.807) is 24.3 Å². The number of carbonyl (C=O) groups is 3. The maximum absolute atomic E-state index is 12.4. The van der Waals surface area contributed by atoms with Gasteiger partial charge in [-0.1, -0.05) is 6.07 Å². The van der Waals surface area contributed by atoms with Gasteiger partial charge in [0.05, 0.1) is 23.5 Å². The lowest BCUT2D eigenvalue weighted by molar-refractivity contribution is -0.385. The third kappa shape index (κ3) is 4.97. The quantitative estimate of drug-likeness (QED) is 0.186. The summed E-state index contributed by atoms with van der Waals surface area (Å²) in [5, 5.41) is 11.1. The zero-order valence-corrected chi connectivity index (χ0v) is 16.7. The average molecular weight is 428 g/mol. The van der Waals surface area contributed by atoms with Crippen LogP contribution in [0, 0.1) is 10.1 Å². The molecule has 10 nitrogen and oxygen atoms in total. The van der Waals surface area contributed by atoms with E-state index in [-0.39, 0.29) is 37.3 Å². The first-order chi connectivity index (χ1) is 14.9. The molecule has 0 spiro atoms. The van der Waals surface area contributed by atoms with E-state index in [9.17, 15) is 24.5 Å². The summed E-state index contributed by atoms with van der Waals surface area (Å²) in [5.41, 5.74) is -0.738. The van der Waals surface area contributed by atoms with Crippen LogP contribution in [0.3, 0.4) is 0 Å². The Kier molecular flexibility index (Phi) is 6.81. The third-order valence-corrected chi connectivity index (χ3v) is 4.46. The van der Waals surface area contributed by atoms with E-state index in [1.807, 2.05) is 6.92 Å². The van der Waals surface area contributed by atoms with Gasteiger partial charge < -0.3 is 14.2 Å². The largest absolute Gasteiger partial charge is 0.494 e. The van der Waals surface area contributed by atoms with Gasteiger partial charge in [-0.2, -0.15) is 0 Å². The van der Waals surface area contributed by atoms with Gasteiger partial charge in [-0.15, -0.1) is 0 Å². The summed E-state index contributed by atoms with van der Waals surface area (Å²) >= 11 is 0. The van der Waals surface area contributed by atoms with Gasteiger partial charge in [-0.3, -0.25) is 29.4 Å². The van der Waals surface area contributed by atoms with Gasteiger partial charge in [-0.25, -0.2) is 0 Å². The Morgan fingerprint density at radius 1 is 1.00 bits per heavy atom. The second-order valence-electron chi connectivity index (χ2n) is 6.44. The molecule has 0 unspecified atom stereocenters. The van der Waals surface area contributed by atoms with Crippen LogP contribution in [0.1, 0.15) is 34.1 Å². The zero-order valence-electron chi connectivity index (χ0n) is 16.7. The first-order valence-electron chi connectivity index (χ1n) is 9.57. The average Bonchev–Trinajstić information content (AvgIpc) is 3.01. The van der Waals surface area contributed by atoms with E-state index in [0.717, 1.165) is 16.7 Å². The Hall–Kier alpha value is -3.95. The van der Waals surface area contributed by atoms with Crippen molar-refractivity contribution in [1.29, 1.82) is 0 Å².